The Hall–Kier alpha value is -10.5. The number of benzene rings is 8. The third kappa shape index (κ3) is 23.6. The number of piperidine rings is 4. The Morgan fingerprint density at radius 2 is 0.636 bits per heavy atom. The van der Waals surface area contributed by atoms with Crippen LogP contribution in [0.5, 0.6) is 51.7 Å². The number of likely N-dealkylation sites (tertiary alicyclic amines) is 4. The van der Waals surface area contributed by atoms with Crippen LogP contribution in [0.4, 0.5) is 36.4 Å². The van der Waals surface area contributed by atoms with E-state index in [1.807, 2.05) is 42.5 Å². The summed E-state index contributed by atoms with van der Waals surface area (Å²) in [6.45, 7) is 26.2. The van der Waals surface area contributed by atoms with Gasteiger partial charge < -0.3 is 47.5 Å². The number of ether oxygens (including phenoxy) is 9. The van der Waals surface area contributed by atoms with Crippen LogP contribution in [0.1, 0.15) is 200 Å². The molecule has 18 nitrogen and oxygen atoms in total. The summed E-state index contributed by atoms with van der Waals surface area (Å²) in [7, 11) is 12.4. The minimum Gasteiger partial charge on any atom is -0.493 e. The lowest BCUT2D eigenvalue weighted by Gasteiger charge is -2.37. The number of aryl methyl sites for hydroxylation is 2. The van der Waals surface area contributed by atoms with E-state index in [9.17, 15) is 32.3 Å². The number of alkyl halides is 7. The normalized spacial score (nSPS) is 20.4. The van der Waals surface area contributed by atoms with Gasteiger partial charge in [0, 0.05) is 124 Å². The number of rotatable bonds is 25. The number of carbonyl (C=O) groups is 4. The maximum atomic E-state index is 15.8. The lowest BCUT2D eigenvalue weighted by Crippen LogP contribution is -2.42. The number of Topliss-reactive ketones (excluding diaryl/α,β-unsaturated/α-hetero) is 4. The van der Waals surface area contributed by atoms with Gasteiger partial charge in [0.25, 0.3) is 0 Å². The number of hydrogen-bond donors (Lipinski definition) is 0. The molecule has 4 saturated heterocycles. The van der Waals surface area contributed by atoms with Gasteiger partial charge in [-0.15, -0.1) is 13.2 Å². The minimum absolute atomic E-state index is 0.00129. The number of fused-ring (bicyclic) bond motifs is 4. The molecule has 0 bridgehead atoms. The summed E-state index contributed by atoms with van der Waals surface area (Å²) in [6.07, 6.45) is 1.76. The topological polar surface area (TPSA) is 169 Å². The van der Waals surface area contributed by atoms with Gasteiger partial charge in [0.05, 0.1) is 63.5 Å². The highest BCUT2D eigenvalue weighted by atomic mass is 19.4. The zero-order valence-electron chi connectivity index (χ0n) is 76.6. The number of nitrogens with zero attached hydrogens (tertiary/aromatic N) is 5. The van der Waals surface area contributed by atoms with Crippen LogP contribution >= 0.6 is 0 Å². The molecule has 4 aliphatic heterocycles. The lowest BCUT2D eigenvalue weighted by molar-refractivity contribution is -0.274. The monoisotopic (exact) mass is 1780 g/mol. The van der Waals surface area contributed by atoms with Gasteiger partial charge in [-0.1, -0.05) is 111 Å². The van der Waals surface area contributed by atoms with E-state index in [0.29, 0.717) is 216 Å². The second-order valence-electron chi connectivity index (χ2n) is 37.4. The molecule has 4 fully saturated rings. The Morgan fingerprint density at radius 3 is 0.915 bits per heavy atom. The zero-order chi connectivity index (χ0) is 92.5. The summed E-state index contributed by atoms with van der Waals surface area (Å²) < 4.78 is 146. The average Bonchev–Trinajstić information content (AvgIpc) is 1.64. The summed E-state index contributed by atoms with van der Waals surface area (Å²) >= 11 is 0. The first-order valence-electron chi connectivity index (χ1n) is 44.8. The maximum absolute atomic E-state index is 15.8. The van der Waals surface area contributed by atoms with Crippen molar-refractivity contribution in [2.45, 2.75) is 198 Å². The molecule has 129 heavy (non-hydrogen) atoms. The summed E-state index contributed by atoms with van der Waals surface area (Å²) in [4.78, 5) is 64.4. The van der Waals surface area contributed by atoms with Crippen molar-refractivity contribution in [3.8, 4) is 51.7 Å². The Kier molecular flexibility index (Phi) is 30.4. The molecule has 4 aliphatic carbocycles. The molecule has 16 rings (SSSR count). The highest BCUT2D eigenvalue weighted by Crippen LogP contribution is 2.49. The predicted octanol–water partition coefficient (Wildman–Crippen LogP) is 21.2. The Balaban J connectivity index is 0.000000147. The van der Waals surface area contributed by atoms with E-state index in [-0.39, 0.29) is 64.9 Å². The van der Waals surface area contributed by atoms with Crippen molar-refractivity contribution < 1.29 is 92.5 Å². The van der Waals surface area contributed by atoms with Gasteiger partial charge in [-0.05, 0) is 233 Å². The smallest absolute Gasteiger partial charge is 0.493 e. The van der Waals surface area contributed by atoms with Gasteiger partial charge in [0.15, 0.2) is 74.8 Å². The standard InChI is InChI=1S/C28H36FNO3.C26H32FNO3.C25H27F4NO4.C25H27FN2O3/c1-27(2,3)22-8-6-19(7-9-22)18-30-12-10-28(29,11-13-30)17-21-14-20-15-24(32-4)25(33-5)16-23(20)26(21)31;1-17-9-18(2)11-19(10-17)16-28-7-5-26(27,6-8-28)15-21-12-20-13-23(30-3)24(31-4)14-22(20)25(21)29;1-32-21-12-17-11-18(23(31)20(17)13-22(21)33-2)14-24(26)7-9-30(10-8-24)15-16-3-5-19(6-4-16)34-25(27,28)29;1-27-21-7-5-4-6-17(21)16-28-10-8-25(26,9-11-28)15-19-12-18-13-22(30-2)23(31-3)14-20(18)24(19)29/h6-9,15-16,21H,10-14,17-18H2,1-5H3;9-11,13-14,21H,5-8,12,15-16H2,1-4H3;3-6,12-13,18H,7-11,14-15H2,1-2H3;4-7,13-14,19H,8-12,15-16H2,2-3H3. The second kappa shape index (κ2) is 40.9. The molecule has 0 saturated carbocycles. The van der Waals surface area contributed by atoms with Crippen LogP contribution in [0.3, 0.4) is 0 Å². The number of para-hydroxylation sites is 1. The average molecular weight is 1780 g/mol. The first-order chi connectivity index (χ1) is 61.5. The number of ketones is 4. The molecule has 4 heterocycles. The van der Waals surface area contributed by atoms with Crippen molar-refractivity contribution in [2.24, 2.45) is 23.7 Å². The molecular weight excluding hydrogens is 1660 g/mol. The number of methoxy groups -OCH3 is 8. The summed E-state index contributed by atoms with van der Waals surface area (Å²) in [5.74, 6) is 2.85. The molecule has 8 aromatic carbocycles. The van der Waals surface area contributed by atoms with E-state index < -0.39 is 35.0 Å². The summed E-state index contributed by atoms with van der Waals surface area (Å²) in [6, 6.07) is 42.9. The molecule has 4 atom stereocenters. The van der Waals surface area contributed by atoms with Crippen LogP contribution in [0.15, 0.2) is 140 Å². The molecule has 0 radical (unpaired) electrons. The highest BCUT2D eigenvalue weighted by molar-refractivity contribution is 6.05. The first kappa shape index (κ1) is 96.0. The van der Waals surface area contributed by atoms with Gasteiger partial charge in [0.1, 0.15) is 28.4 Å². The Bertz CT molecular complexity index is 5330. The minimum atomic E-state index is -4.72. The molecule has 8 aromatic rings. The van der Waals surface area contributed by atoms with Gasteiger partial charge >= 0.3 is 6.36 Å². The number of carbonyl (C=O) groups excluding carboxylic acids is 4. The molecule has 0 N–H and O–H groups in total. The molecule has 4 unspecified atom stereocenters. The molecular formula is C104H122F7N5O13. The van der Waals surface area contributed by atoms with Crippen LogP contribution in [-0.2, 0) is 57.3 Å². The van der Waals surface area contributed by atoms with Crippen LogP contribution in [-0.4, -0.2) is 181 Å². The fourth-order valence-corrected chi connectivity index (χ4v) is 20.1. The molecule has 0 amide bonds. The summed E-state index contributed by atoms with van der Waals surface area (Å²) in [5, 5.41) is 0. The molecule has 8 aliphatic rings. The number of hydrogen-bond acceptors (Lipinski definition) is 17. The first-order valence-corrected chi connectivity index (χ1v) is 44.8. The third-order valence-electron chi connectivity index (χ3n) is 27.3. The van der Waals surface area contributed by atoms with E-state index in [2.05, 4.69) is 106 Å². The summed E-state index contributed by atoms with van der Waals surface area (Å²) in [5.41, 5.74) is 9.78. The van der Waals surface area contributed by atoms with Crippen molar-refractivity contribution in [2.75, 3.05) is 109 Å². The van der Waals surface area contributed by atoms with Crippen LogP contribution < -0.4 is 42.6 Å². The Morgan fingerprint density at radius 1 is 0.364 bits per heavy atom. The van der Waals surface area contributed by atoms with E-state index in [1.165, 1.54) is 54.2 Å². The fourth-order valence-electron chi connectivity index (χ4n) is 20.1. The van der Waals surface area contributed by atoms with E-state index in [1.54, 1.807) is 85.1 Å². The third-order valence-corrected chi connectivity index (χ3v) is 27.3. The quantitative estimate of drug-likeness (QED) is 0.0391. The van der Waals surface area contributed by atoms with E-state index in [4.69, 9.17) is 44.5 Å². The zero-order valence-corrected chi connectivity index (χ0v) is 76.6. The van der Waals surface area contributed by atoms with Gasteiger partial charge in [-0.3, -0.25) is 33.9 Å². The lowest BCUT2D eigenvalue weighted by atomic mass is 9.82. The van der Waals surface area contributed by atoms with Gasteiger partial charge in [-0.25, -0.2) is 22.4 Å². The molecule has 690 valence electrons. The van der Waals surface area contributed by atoms with Crippen molar-refractivity contribution in [3.63, 3.8) is 0 Å². The second-order valence-corrected chi connectivity index (χ2v) is 37.4. The maximum Gasteiger partial charge on any atom is 0.573 e. The Labute approximate surface area is 754 Å². The van der Waals surface area contributed by atoms with Crippen LogP contribution in [0.2, 0.25) is 0 Å². The van der Waals surface area contributed by atoms with Gasteiger partial charge in [-0.2, -0.15) is 0 Å². The largest absolute Gasteiger partial charge is 0.573 e. The number of halogens is 7. The van der Waals surface area contributed by atoms with Crippen LogP contribution in [0, 0.1) is 44.1 Å². The fraction of sp³-hybridized carbons (Fsp3) is 0.490. The van der Waals surface area contributed by atoms with Crippen molar-refractivity contribution in [3.05, 3.63) is 234 Å². The van der Waals surface area contributed by atoms with Crippen molar-refractivity contribution in [1.82, 2.24) is 19.6 Å². The highest BCUT2D eigenvalue weighted by Gasteiger charge is 2.47. The van der Waals surface area contributed by atoms with Gasteiger partial charge in [0.2, 0.25) is 0 Å². The van der Waals surface area contributed by atoms with Crippen LogP contribution in [0.25, 0.3) is 4.85 Å². The SMILES string of the molecule is COc1cc2c(cc1OC)C(=O)C(CC1(F)CCN(Cc3cc(C)cc(C)c3)CC1)C2.COc1cc2c(cc1OC)C(=O)C(CC1(F)CCN(Cc3ccc(C(C)(C)C)cc3)CC1)C2.COc1cc2c(cc1OC)C(=O)C(CC1(F)CCN(Cc3ccc(OC(F)(F)F)cc3)CC1)C2.[C-]#[N+]c1ccccc1CN1CCC(F)(CC2Cc3cc(OC)c(OC)cc3C2=O)CC1. The predicted molar refractivity (Wildman–Crippen MR) is 483 cm³/mol. The van der Waals surface area contributed by atoms with E-state index >= 15 is 17.6 Å². The van der Waals surface area contributed by atoms with E-state index in [0.717, 1.165) is 59.6 Å². The van der Waals surface area contributed by atoms with Crippen molar-refractivity contribution in [1.29, 1.82) is 0 Å². The molecule has 25 heteroatoms. The van der Waals surface area contributed by atoms with Crippen molar-refractivity contribution >= 4 is 28.8 Å². The molecule has 0 spiro atoms. The molecule has 0 aromatic heterocycles.